The SMILES string of the molecule is Cc1c[nH+]cc(CONCCCO[C@H]2OC(CO)[C@@H](O/C(=C\O)OC(CO)[C@H](CO)OC(C)(C)C)[C@@H](O)C2O)c1. The Morgan fingerprint density at radius 1 is 1.12 bits per heavy atom. The average molecular weight is 578 g/mol. The number of H-pyrrole nitrogens is 1. The minimum Gasteiger partial charge on any atom is -0.508 e. The highest BCUT2D eigenvalue weighted by Crippen LogP contribution is 2.27. The number of hydrogen-bond acceptors (Lipinski definition) is 13. The second kappa shape index (κ2) is 17.0. The summed E-state index contributed by atoms with van der Waals surface area (Å²) in [6.45, 7) is 6.46. The van der Waals surface area contributed by atoms with Crippen molar-refractivity contribution in [1.29, 1.82) is 0 Å². The number of aliphatic hydroxyl groups is 6. The number of aromatic amines is 1. The summed E-state index contributed by atoms with van der Waals surface area (Å²) < 4.78 is 27.8. The maximum atomic E-state index is 10.7. The van der Waals surface area contributed by atoms with Crippen LogP contribution in [0.4, 0.5) is 0 Å². The lowest BCUT2D eigenvalue weighted by atomic mass is 9.99. The molecule has 0 saturated carbocycles. The van der Waals surface area contributed by atoms with E-state index in [1.165, 1.54) is 0 Å². The summed E-state index contributed by atoms with van der Waals surface area (Å²) in [6, 6.07) is 1.99. The van der Waals surface area contributed by atoms with Gasteiger partial charge in [-0.15, -0.1) is 0 Å². The van der Waals surface area contributed by atoms with Crippen LogP contribution in [-0.4, -0.2) is 112 Å². The summed E-state index contributed by atoms with van der Waals surface area (Å²) in [7, 11) is 0. The highest BCUT2D eigenvalue weighted by Gasteiger charge is 2.47. The summed E-state index contributed by atoms with van der Waals surface area (Å²) in [6.07, 6.45) is -4.44. The van der Waals surface area contributed by atoms with Crippen LogP contribution in [0.25, 0.3) is 0 Å². The van der Waals surface area contributed by atoms with Crippen molar-refractivity contribution in [3.63, 3.8) is 0 Å². The van der Waals surface area contributed by atoms with Gasteiger partial charge in [0.15, 0.2) is 37.2 Å². The van der Waals surface area contributed by atoms with E-state index in [9.17, 15) is 30.6 Å². The Morgan fingerprint density at radius 3 is 2.45 bits per heavy atom. The predicted octanol–water partition coefficient (Wildman–Crippen LogP) is -1.03. The molecule has 0 bridgehead atoms. The molecule has 14 nitrogen and oxygen atoms in total. The molecule has 1 aliphatic heterocycles. The number of nitrogens with one attached hydrogen (secondary N) is 2. The van der Waals surface area contributed by atoms with Crippen LogP contribution in [0.2, 0.25) is 0 Å². The summed E-state index contributed by atoms with van der Waals surface area (Å²) in [4.78, 5) is 8.44. The number of aromatic nitrogens is 1. The van der Waals surface area contributed by atoms with Crippen LogP contribution >= 0.6 is 0 Å². The summed E-state index contributed by atoms with van der Waals surface area (Å²) >= 11 is 0. The van der Waals surface area contributed by atoms with Gasteiger partial charge in [0, 0.05) is 17.7 Å². The molecule has 14 heteroatoms. The fourth-order valence-corrected chi connectivity index (χ4v) is 3.91. The minimum atomic E-state index is -1.60. The van der Waals surface area contributed by atoms with Gasteiger partial charge >= 0.3 is 5.95 Å². The van der Waals surface area contributed by atoms with Crippen molar-refractivity contribution >= 4 is 0 Å². The molecule has 2 rings (SSSR count). The molecule has 2 heterocycles. The molecule has 0 aliphatic carbocycles. The lowest BCUT2D eigenvalue weighted by Crippen LogP contribution is -2.60. The van der Waals surface area contributed by atoms with Gasteiger partial charge in [-0.25, -0.2) is 10.5 Å². The van der Waals surface area contributed by atoms with Crippen molar-refractivity contribution in [3.8, 4) is 0 Å². The van der Waals surface area contributed by atoms with Gasteiger partial charge in [0.05, 0.1) is 38.6 Å². The first-order valence-corrected chi connectivity index (χ1v) is 13.2. The summed E-state index contributed by atoms with van der Waals surface area (Å²) in [5, 5.41) is 60.2. The Morgan fingerprint density at radius 2 is 1.85 bits per heavy atom. The quantitative estimate of drug-likeness (QED) is 0.0673. The van der Waals surface area contributed by atoms with Crippen molar-refractivity contribution in [1.82, 2.24) is 5.48 Å². The number of aryl methyl sites for hydroxylation is 1. The van der Waals surface area contributed by atoms with Crippen LogP contribution in [0, 0.1) is 6.92 Å². The van der Waals surface area contributed by atoms with Crippen LogP contribution in [0.5, 0.6) is 0 Å². The molecule has 1 aromatic rings. The number of aliphatic hydroxyl groups excluding tert-OH is 6. The lowest BCUT2D eigenvalue weighted by molar-refractivity contribution is -0.379. The highest BCUT2D eigenvalue weighted by atomic mass is 16.7. The molecule has 0 aromatic carbocycles. The Kier molecular flexibility index (Phi) is 14.5. The third kappa shape index (κ3) is 11.0. The van der Waals surface area contributed by atoms with Crippen LogP contribution in [-0.2, 0) is 35.1 Å². The van der Waals surface area contributed by atoms with Gasteiger partial charge in [0.2, 0.25) is 0 Å². The molecular weight excluding hydrogens is 532 g/mol. The molecule has 1 saturated heterocycles. The zero-order valence-corrected chi connectivity index (χ0v) is 23.4. The number of hydrogen-bond donors (Lipinski definition) is 7. The Balaban J connectivity index is 1.84. The Labute approximate surface area is 234 Å². The van der Waals surface area contributed by atoms with E-state index >= 15 is 0 Å². The molecule has 0 spiro atoms. The summed E-state index contributed by atoms with van der Waals surface area (Å²) in [5.41, 5.74) is 4.21. The van der Waals surface area contributed by atoms with E-state index in [4.69, 9.17) is 28.5 Å². The van der Waals surface area contributed by atoms with Gasteiger partial charge in [0.1, 0.15) is 24.4 Å². The van der Waals surface area contributed by atoms with Gasteiger partial charge in [-0.3, -0.25) is 4.84 Å². The van der Waals surface area contributed by atoms with Gasteiger partial charge in [-0.2, -0.15) is 0 Å². The van der Waals surface area contributed by atoms with Gasteiger partial charge in [-0.1, -0.05) is 0 Å². The average Bonchev–Trinajstić information content (AvgIpc) is 2.92. The zero-order valence-electron chi connectivity index (χ0n) is 23.4. The first-order valence-electron chi connectivity index (χ1n) is 13.2. The largest absolute Gasteiger partial charge is 0.508 e. The molecule has 40 heavy (non-hydrogen) atoms. The third-order valence-corrected chi connectivity index (χ3v) is 5.76. The normalized spacial score (nSPS) is 25.4. The molecule has 3 unspecified atom stereocenters. The molecule has 8 N–H and O–H groups in total. The standard InChI is InChI=1S/C26H44N2O12/c1-16-8-17(10-27-9-16)15-36-28-6-5-7-35-25-23(34)22(33)24(20(13-31)38-25)39-21(14-32)37-18(11-29)19(12-30)40-26(2,3)4/h8-10,14,18-20,22-25,28-34H,5-7,11-13,15H2,1-4H3/p+1/b21-14-/t18?,19-,20?,22-,23?,24+,25-/m0/s1. The molecule has 1 aromatic heterocycles. The van der Waals surface area contributed by atoms with Crippen LogP contribution in [0.3, 0.4) is 0 Å². The van der Waals surface area contributed by atoms with Crippen molar-refractivity contribution in [2.45, 2.75) is 89.2 Å². The van der Waals surface area contributed by atoms with Gasteiger partial charge < -0.3 is 54.3 Å². The first-order chi connectivity index (χ1) is 19.0. The van der Waals surface area contributed by atoms with Crippen molar-refractivity contribution < 1.29 is 64.1 Å². The Hall–Kier alpha value is -2.11. The second-order valence-corrected chi connectivity index (χ2v) is 10.4. The summed E-state index contributed by atoms with van der Waals surface area (Å²) in [5.74, 6) is -0.553. The maximum absolute atomic E-state index is 10.7. The molecule has 230 valence electrons. The van der Waals surface area contributed by atoms with Crippen LogP contribution in [0.1, 0.15) is 38.3 Å². The van der Waals surface area contributed by atoms with Crippen molar-refractivity contribution in [2.75, 3.05) is 33.0 Å². The zero-order chi connectivity index (χ0) is 29.7. The van der Waals surface area contributed by atoms with E-state index in [2.05, 4.69) is 10.5 Å². The van der Waals surface area contributed by atoms with Gasteiger partial charge in [0.25, 0.3) is 0 Å². The fourth-order valence-electron chi connectivity index (χ4n) is 3.91. The van der Waals surface area contributed by atoms with Crippen molar-refractivity contribution in [3.05, 3.63) is 41.8 Å². The number of ether oxygens (including phenoxy) is 5. The molecule has 1 aliphatic rings. The lowest BCUT2D eigenvalue weighted by Gasteiger charge is -2.42. The van der Waals surface area contributed by atoms with Crippen LogP contribution in [0.15, 0.2) is 30.7 Å². The highest BCUT2D eigenvalue weighted by molar-refractivity contribution is 5.12. The van der Waals surface area contributed by atoms with Crippen LogP contribution < -0.4 is 10.5 Å². The monoisotopic (exact) mass is 577 g/mol. The smallest absolute Gasteiger partial charge is 0.316 e. The molecule has 0 radical (unpaired) electrons. The predicted molar refractivity (Wildman–Crippen MR) is 138 cm³/mol. The van der Waals surface area contributed by atoms with E-state index in [0.717, 1.165) is 11.1 Å². The van der Waals surface area contributed by atoms with E-state index in [-0.39, 0.29) is 6.61 Å². The molecular formula is C26H45N2O12+. The topological polar surface area (TPSA) is 203 Å². The molecule has 0 amide bonds. The number of hydroxylamine groups is 1. The number of pyridine rings is 1. The van der Waals surface area contributed by atoms with Crippen molar-refractivity contribution in [2.24, 2.45) is 0 Å². The Bertz CT molecular complexity index is 881. The van der Waals surface area contributed by atoms with E-state index in [0.29, 0.717) is 25.8 Å². The minimum absolute atomic E-state index is 0.145. The maximum Gasteiger partial charge on any atom is 0.316 e. The molecule has 7 atom stereocenters. The second-order valence-electron chi connectivity index (χ2n) is 10.4. The first kappa shape index (κ1) is 34.1. The third-order valence-electron chi connectivity index (χ3n) is 5.76. The molecule has 1 fully saturated rings. The van der Waals surface area contributed by atoms with E-state index < -0.39 is 74.3 Å². The fraction of sp³-hybridized carbons (Fsp3) is 0.731. The van der Waals surface area contributed by atoms with Gasteiger partial charge in [-0.05, 0) is 40.2 Å². The van der Waals surface area contributed by atoms with E-state index in [1.807, 2.05) is 25.4 Å². The number of rotatable bonds is 17. The van der Waals surface area contributed by atoms with E-state index in [1.54, 1.807) is 20.8 Å².